The molecule has 0 atom stereocenters. The Morgan fingerprint density at radius 1 is 1.03 bits per heavy atom. The van der Waals surface area contributed by atoms with Gasteiger partial charge in [0, 0.05) is 17.9 Å². The summed E-state index contributed by atoms with van der Waals surface area (Å²) in [6.45, 7) is 0.379. The Labute approximate surface area is 172 Å². The molecule has 11 heteroatoms. The first-order chi connectivity index (χ1) is 13.8. The van der Waals surface area contributed by atoms with E-state index < -0.39 is 21.8 Å². The van der Waals surface area contributed by atoms with Gasteiger partial charge in [0.25, 0.3) is 0 Å². The predicted octanol–water partition coefficient (Wildman–Crippen LogP) is 3.03. The van der Waals surface area contributed by atoms with Crippen molar-refractivity contribution in [1.82, 2.24) is 10.2 Å². The molecular formula is C18H19ClN2O7S. The minimum absolute atomic E-state index is 0.0418. The van der Waals surface area contributed by atoms with Gasteiger partial charge in [-0.25, -0.2) is 18.7 Å². The van der Waals surface area contributed by atoms with E-state index in [0.717, 1.165) is 0 Å². The summed E-state index contributed by atoms with van der Waals surface area (Å²) in [6, 6.07) is 12.5. The van der Waals surface area contributed by atoms with Gasteiger partial charge in [0.2, 0.25) is 10.0 Å². The van der Waals surface area contributed by atoms with E-state index in [2.05, 4.69) is 4.72 Å². The molecule has 1 saturated heterocycles. The maximum absolute atomic E-state index is 12.8. The number of hydroxylamine groups is 1. The SMILES string of the molecule is O=C(NO)OC1(NS(=O)(=O)c2ccc(Oc3ccc(Cl)cc3)cc2)CCOCC1. The second-order valence-corrected chi connectivity index (χ2v) is 8.36. The van der Waals surface area contributed by atoms with Crippen molar-refractivity contribution in [1.29, 1.82) is 0 Å². The largest absolute Gasteiger partial charge is 0.457 e. The lowest BCUT2D eigenvalue weighted by Crippen LogP contribution is -2.55. The number of ether oxygens (including phenoxy) is 3. The topological polar surface area (TPSA) is 123 Å². The van der Waals surface area contributed by atoms with E-state index in [1.165, 1.54) is 29.7 Å². The summed E-state index contributed by atoms with van der Waals surface area (Å²) in [6.07, 6.45) is -0.976. The Kier molecular flexibility index (Phi) is 6.60. The van der Waals surface area contributed by atoms with Gasteiger partial charge in [0.1, 0.15) is 11.5 Å². The molecular weight excluding hydrogens is 424 g/mol. The molecule has 2 aromatic carbocycles. The van der Waals surface area contributed by atoms with Crippen LogP contribution in [-0.4, -0.2) is 38.7 Å². The minimum Gasteiger partial charge on any atom is -0.457 e. The van der Waals surface area contributed by atoms with E-state index in [9.17, 15) is 13.2 Å². The first-order valence-electron chi connectivity index (χ1n) is 8.60. The first kappa shape index (κ1) is 21.3. The van der Waals surface area contributed by atoms with Gasteiger partial charge in [0.15, 0.2) is 5.72 Å². The number of nitrogens with one attached hydrogen (secondary N) is 2. The number of rotatable bonds is 6. The number of carbonyl (C=O) groups is 1. The maximum Gasteiger partial charge on any atom is 0.432 e. The average Bonchev–Trinajstić information content (AvgIpc) is 2.70. The third-order valence-corrected chi connectivity index (χ3v) is 5.97. The molecule has 0 aliphatic carbocycles. The fourth-order valence-corrected chi connectivity index (χ4v) is 4.23. The lowest BCUT2D eigenvalue weighted by atomic mass is 10.1. The van der Waals surface area contributed by atoms with Crippen LogP contribution >= 0.6 is 11.6 Å². The Morgan fingerprint density at radius 2 is 1.59 bits per heavy atom. The molecule has 29 heavy (non-hydrogen) atoms. The number of hydrogen-bond acceptors (Lipinski definition) is 7. The number of hydrogen-bond donors (Lipinski definition) is 3. The Balaban J connectivity index is 1.75. The third-order valence-electron chi connectivity index (χ3n) is 4.18. The van der Waals surface area contributed by atoms with Gasteiger partial charge in [-0.1, -0.05) is 11.6 Å². The fourth-order valence-electron chi connectivity index (χ4n) is 2.76. The lowest BCUT2D eigenvalue weighted by Gasteiger charge is -2.36. The highest BCUT2D eigenvalue weighted by Gasteiger charge is 2.40. The molecule has 1 fully saturated rings. The molecule has 0 spiro atoms. The number of halogens is 1. The van der Waals surface area contributed by atoms with Crippen LogP contribution in [0.5, 0.6) is 11.5 Å². The second kappa shape index (κ2) is 8.97. The molecule has 0 bridgehead atoms. The van der Waals surface area contributed by atoms with E-state index in [1.54, 1.807) is 24.3 Å². The lowest BCUT2D eigenvalue weighted by molar-refractivity contribution is -0.0848. The molecule has 1 aliphatic rings. The van der Waals surface area contributed by atoms with Crippen molar-refractivity contribution in [2.24, 2.45) is 0 Å². The molecule has 2 aromatic rings. The smallest absolute Gasteiger partial charge is 0.432 e. The van der Waals surface area contributed by atoms with E-state index in [0.29, 0.717) is 16.5 Å². The summed E-state index contributed by atoms with van der Waals surface area (Å²) in [7, 11) is -4.03. The van der Waals surface area contributed by atoms with Gasteiger partial charge < -0.3 is 14.2 Å². The standard InChI is InChI=1S/C18H19ClN2O7S/c19-13-1-3-14(4-2-13)27-15-5-7-16(8-6-15)29(24,25)21-18(28-17(22)20-23)9-11-26-12-10-18/h1-8,21,23H,9-12H2,(H,20,22). The molecule has 9 nitrogen and oxygen atoms in total. The van der Waals surface area contributed by atoms with Crippen LogP contribution < -0.4 is 14.9 Å². The van der Waals surface area contributed by atoms with Crippen LogP contribution in [0.4, 0.5) is 4.79 Å². The Hall–Kier alpha value is -2.37. The normalized spacial score (nSPS) is 16.1. The molecule has 0 radical (unpaired) electrons. The summed E-state index contributed by atoms with van der Waals surface area (Å²) >= 11 is 5.83. The van der Waals surface area contributed by atoms with Crippen molar-refractivity contribution >= 4 is 27.7 Å². The zero-order valence-corrected chi connectivity index (χ0v) is 16.7. The summed E-state index contributed by atoms with van der Waals surface area (Å²) in [5.74, 6) is 0.982. The van der Waals surface area contributed by atoms with Crippen molar-refractivity contribution in [3.05, 3.63) is 53.6 Å². The Morgan fingerprint density at radius 3 is 2.14 bits per heavy atom. The highest BCUT2D eigenvalue weighted by atomic mass is 35.5. The molecule has 0 unspecified atom stereocenters. The van der Waals surface area contributed by atoms with Gasteiger partial charge in [-0.05, 0) is 48.5 Å². The number of amides is 1. The molecule has 1 amide bonds. The van der Waals surface area contributed by atoms with Crippen molar-refractivity contribution in [3.8, 4) is 11.5 Å². The third kappa shape index (κ3) is 5.58. The number of carbonyl (C=O) groups excluding carboxylic acids is 1. The van der Waals surface area contributed by atoms with E-state index in [-0.39, 0.29) is 31.0 Å². The van der Waals surface area contributed by atoms with E-state index in [1.807, 2.05) is 0 Å². The molecule has 0 saturated carbocycles. The fraction of sp³-hybridized carbons (Fsp3) is 0.278. The Bertz CT molecular complexity index is 943. The molecule has 1 aliphatic heterocycles. The van der Waals surface area contributed by atoms with Crippen LogP contribution in [-0.2, 0) is 19.5 Å². The molecule has 0 aromatic heterocycles. The molecule has 3 rings (SSSR count). The van der Waals surface area contributed by atoms with Crippen LogP contribution in [0.15, 0.2) is 53.4 Å². The van der Waals surface area contributed by atoms with E-state index in [4.69, 9.17) is 31.0 Å². The molecule has 3 N–H and O–H groups in total. The van der Waals surface area contributed by atoms with Gasteiger partial charge in [-0.3, -0.25) is 5.21 Å². The van der Waals surface area contributed by atoms with Crippen molar-refractivity contribution in [2.75, 3.05) is 13.2 Å². The van der Waals surface area contributed by atoms with Crippen LogP contribution in [0.1, 0.15) is 12.8 Å². The summed E-state index contributed by atoms with van der Waals surface area (Å²) in [5, 5.41) is 9.28. The predicted molar refractivity (Wildman–Crippen MR) is 102 cm³/mol. The van der Waals surface area contributed by atoms with Gasteiger partial charge in [-0.2, -0.15) is 4.72 Å². The molecule has 1 heterocycles. The van der Waals surface area contributed by atoms with E-state index >= 15 is 0 Å². The first-order valence-corrected chi connectivity index (χ1v) is 10.5. The van der Waals surface area contributed by atoms with Crippen LogP contribution in [0.2, 0.25) is 5.02 Å². The maximum atomic E-state index is 12.8. The van der Waals surface area contributed by atoms with Crippen LogP contribution in [0, 0.1) is 0 Å². The highest BCUT2D eigenvalue weighted by molar-refractivity contribution is 7.89. The number of benzene rings is 2. The summed E-state index contributed by atoms with van der Waals surface area (Å²) < 4.78 is 44.0. The summed E-state index contributed by atoms with van der Waals surface area (Å²) in [5.41, 5.74) is -0.190. The zero-order chi connectivity index (χ0) is 20.9. The minimum atomic E-state index is -4.03. The monoisotopic (exact) mass is 442 g/mol. The van der Waals surface area contributed by atoms with Crippen molar-refractivity contribution < 1.29 is 32.6 Å². The quantitative estimate of drug-likeness (QED) is 0.357. The van der Waals surface area contributed by atoms with Crippen LogP contribution in [0.25, 0.3) is 0 Å². The molecule has 156 valence electrons. The zero-order valence-electron chi connectivity index (χ0n) is 15.1. The van der Waals surface area contributed by atoms with Gasteiger partial charge >= 0.3 is 6.09 Å². The number of sulfonamides is 1. The van der Waals surface area contributed by atoms with Crippen LogP contribution in [0.3, 0.4) is 0 Å². The average molecular weight is 443 g/mol. The second-order valence-electron chi connectivity index (χ2n) is 6.24. The van der Waals surface area contributed by atoms with Crippen molar-refractivity contribution in [2.45, 2.75) is 23.5 Å². The van der Waals surface area contributed by atoms with Gasteiger partial charge in [0.05, 0.1) is 18.1 Å². The summed E-state index contributed by atoms with van der Waals surface area (Å²) in [4.78, 5) is 11.4. The van der Waals surface area contributed by atoms with Crippen molar-refractivity contribution in [3.63, 3.8) is 0 Å². The highest BCUT2D eigenvalue weighted by Crippen LogP contribution is 2.27. The van der Waals surface area contributed by atoms with Gasteiger partial charge in [-0.15, -0.1) is 0 Å².